The van der Waals surface area contributed by atoms with Crippen LogP contribution < -0.4 is 5.73 Å². The summed E-state index contributed by atoms with van der Waals surface area (Å²) in [6, 6.07) is 0. The molecule has 0 fully saturated rings. The molecule has 6 heteroatoms. The molecule has 0 heterocycles. The standard InChI is InChI=1S/C6H12NO4P/c1-3-4-10-12(9)11-5(2)6(7)8/h12H,2-4H2,1H3,(H2,7,8). The molecule has 0 aliphatic heterocycles. The first-order valence-corrected chi connectivity index (χ1v) is 4.63. The maximum Gasteiger partial charge on any atom is 0.367 e. The van der Waals surface area contributed by atoms with Crippen molar-refractivity contribution in [1.29, 1.82) is 0 Å². The molecular weight excluding hydrogens is 181 g/mol. The van der Waals surface area contributed by atoms with Gasteiger partial charge in [-0.3, -0.25) is 4.79 Å². The van der Waals surface area contributed by atoms with Gasteiger partial charge in [0, 0.05) is 0 Å². The first-order chi connectivity index (χ1) is 5.57. The summed E-state index contributed by atoms with van der Waals surface area (Å²) in [4.78, 5) is 10.3. The van der Waals surface area contributed by atoms with Crippen LogP contribution in [-0.4, -0.2) is 12.5 Å². The second-order valence-corrected chi connectivity index (χ2v) is 2.98. The molecular formula is C6H12NO4P. The van der Waals surface area contributed by atoms with Crippen molar-refractivity contribution in [1.82, 2.24) is 0 Å². The Hall–Kier alpha value is -0.800. The molecule has 0 spiro atoms. The van der Waals surface area contributed by atoms with Crippen LogP contribution in [0.1, 0.15) is 13.3 Å². The average molecular weight is 193 g/mol. The van der Waals surface area contributed by atoms with Gasteiger partial charge >= 0.3 is 8.25 Å². The highest BCUT2D eigenvalue weighted by Gasteiger charge is 2.06. The zero-order valence-electron chi connectivity index (χ0n) is 6.83. The summed E-state index contributed by atoms with van der Waals surface area (Å²) >= 11 is 0. The van der Waals surface area contributed by atoms with Crippen LogP contribution in [0.15, 0.2) is 12.3 Å². The maximum atomic E-state index is 10.8. The third-order valence-corrected chi connectivity index (χ3v) is 1.76. The quantitative estimate of drug-likeness (QED) is 0.384. The molecule has 1 atom stereocenters. The van der Waals surface area contributed by atoms with E-state index in [2.05, 4.69) is 15.6 Å². The topological polar surface area (TPSA) is 78.6 Å². The molecule has 0 saturated carbocycles. The molecule has 1 unspecified atom stereocenters. The fourth-order valence-corrected chi connectivity index (χ4v) is 1.10. The van der Waals surface area contributed by atoms with Crippen LogP contribution in [0.3, 0.4) is 0 Å². The van der Waals surface area contributed by atoms with Gasteiger partial charge in [0.15, 0.2) is 5.76 Å². The molecule has 5 nitrogen and oxygen atoms in total. The summed E-state index contributed by atoms with van der Waals surface area (Å²) < 4.78 is 19.9. The molecule has 0 rings (SSSR count). The van der Waals surface area contributed by atoms with Gasteiger partial charge in [0.25, 0.3) is 5.91 Å². The molecule has 0 radical (unpaired) electrons. The number of amides is 1. The lowest BCUT2D eigenvalue weighted by Gasteiger charge is -2.04. The number of carbonyl (C=O) groups excluding carboxylic acids is 1. The van der Waals surface area contributed by atoms with Crippen LogP contribution in [0.4, 0.5) is 0 Å². The van der Waals surface area contributed by atoms with Crippen LogP contribution in [-0.2, 0) is 18.4 Å². The van der Waals surface area contributed by atoms with Gasteiger partial charge in [-0.2, -0.15) is 0 Å². The van der Waals surface area contributed by atoms with E-state index < -0.39 is 14.2 Å². The lowest BCUT2D eigenvalue weighted by atomic mass is 10.5. The van der Waals surface area contributed by atoms with E-state index in [-0.39, 0.29) is 5.76 Å². The van der Waals surface area contributed by atoms with Gasteiger partial charge in [0.2, 0.25) is 0 Å². The molecule has 0 aliphatic carbocycles. The van der Waals surface area contributed by atoms with Gasteiger partial charge in [-0.15, -0.1) is 0 Å². The molecule has 0 aliphatic rings. The van der Waals surface area contributed by atoms with Crippen molar-refractivity contribution >= 4 is 14.2 Å². The molecule has 0 aromatic rings. The Labute approximate surface area is 71.5 Å². The molecule has 2 N–H and O–H groups in total. The molecule has 1 amide bonds. The van der Waals surface area contributed by atoms with Gasteiger partial charge in [-0.1, -0.05) is 13.5 Å². The van der Waals surface area contributed by atoms with E-state index >= 15 is 0 Å². The Morgan fingerprint density at radius 2 is 2.25 bits per heavy atom. The van der Waals surface area contributed by atoms with Crippen molar-refractivity contribution in [3.63, 3.8) is 0 Å². The lowest BCUT2D eigenvalue weighted by Crippen LogP contribution is -2.13. The van der Waals surface area contributed by atoms with Gasteiger partial charge < -0.3 is 14.8 Å². The normalized spacial score (nSPS) is 12.1. The number of carbonyl (C=O) groups is 1. The second kappa shape index (κ2) is 5.80. The van der Waals surface area contributed by atoms with E-state index in [1.165, 1.54) is 0 Å². The van der Waals surface area contributed by atoms with Crippen molar-refractivity contribution in [3.05, 3.63) is 12.3 Å². The number of hydrogen-bond acceptors (Lipinski definition) is 4. The number of nitrogens with two attached hydrogens (primary N) is 1. The maximum absolute atomic E-state index is 10.8. The molecule has 0 aromatic carbocycles. The first-order valence-electron chi connectivity index (χ1n) is 3.41. The summed E-state index contributed by atoms with van der Waals surface area (Å²) in [7, 11) is -2.65. The second-order valence-electron chi connectivity index (χ2n) is 1.99. The Kier molecular flexibility index (Phi) is 5.41. The average Bonchev–Trinajstić information content (AvgIpc) is 2.00. The van der Waals surface area contributed by atoms with Gasteiger partial charge in [0.05, 0.1) is 6.61 Å². The largest absolute Gasteiger partial charge is 0.421 e. The molecule has 0 saturated heterocycles. The van der Waals surface area contributed by atoms with E-state index in [9.17, 15) is 9.36 Å². The van der Waals surface area contributed by atoms with Crippen LogP contribution in [0.2, 0.25) is 0 Å². The van der Waals surface area contributed by atoms with Gasteiger partial charge in [-0.05, 0) is 6.42 Å². The smallest absolute Gasteiger partial charge is 0.367 e. The minimum atomic E-state index is -2.65. The van der Waals surface area contributed by atoms with Crippen LogP contribution in [0, 0.1) is 0 Å². The molecule has 70 valence electrons. The third kappa shape index (κ3) is 4.93. The van der Waals surface area contributed by atoms with E-state index in [4.69, 9.17) is 5.73 Å². The summed E-state index contributed by atoms with van der Waals surface area (Å²) in [5.41, 5.74) is 4.77. The Morgan fingerprint density at radius 3 is 2.67 bits per heavy atom. The van der Waals surface area contributed by atoms with Crippen molar-refractivity contribution in [2.45, 2.75) is 13.3 Å². The van der Waals surface area contributed by atoms with E-state index in [1.54, 1.807) is 0 Å². The van der Waals surface area contributed by atoms with Crippen molar-refractivity contribution in [3.8, 4) is 0 Å². The molecule has 0 aromatic heterocycles. The van der Waals surface area contributed by atoms with Gasteiger partial charge in [0.1, 0.15) is 0 Å². The lowest BCUT2D eigenvalue weighted by molar-refractivity contribution is -0.116. The predicted molar refractivity (Wildman–Crippen MR) is 44.7 cm³/mol. The number of primary amides is 1. The Bertz CT molecular complexity index is 204. The van der Waals surface area contributed by atoms with E-state index in [1.807, 2.05) is 6.92 Å². The third-order valence-electron chi connectivity index (χ3n) is 0.905. The number of hydrogen-bond donors (Lipinski definition) is 1. The molecule has 12 heavy (non-hydrogen) atoms. The highest BCUT2D eigenvalue weighted by molar-refractivity contribution is 7.33. The van der Waals surface area contributed by atoms with Crippen LogP contribution >= 0.6 is 8.25 Å². The van der Waals surface area contributed by atoms with Crippen molar-refractivity contribution in [2.24, 2.45) is 5.73 Å². The number of rotatable bonds is 6. The molecule has 0 bridgehead atoms. The first kappa shape index (κ1) is 11.2. The highest BCUT2D eigenvalue weighted by atomic mass is 31.1. The van der Waals surface area contributed by atoms with E-state index in [0.29, 0.717) is 6.61 Å². The summed E-state index contributed by atoms with van der Waals surface area (Å²) in [5.74, 6) is -1.18. The summed E-state index contributed by atoms with van der Waals surface area (Å²) in [5, 5.41) is 0. The fourth-order valence-electron chi connectivity index (χ4n) is 0.366. The fraction of sp³-hybridized carbons (Fsp3) is 0.500. The predicted octanol–water partition coefficient (Wildman–Crippen LogP) is 0.818. The minimum Gasteiger partial charge on any atom is -0.421 e. The van der Waals surface area contributed by atoms with Crippen LogP contribution in [0.25, 0.3) is 0 Å². The Morgan fingerprint density at radius 1 is 1.67 bits per heavy atom. The summed E-state index contributed by atoms with van der Waals surface area (Å²) in [6.07, 6.45) is 0.725. The SMILES string of the molecule is C=C(O[PH](=O)OCCC)C(N)=O. The van der Waals surface area contributed by atoms with Crippen LogP contribution in [0.5, 0.6) is 0 Å². The van der Waals surface area contributed by atoms with E-state index in [0.717, 1.165) is 6.42 Å². The van der Waals surface area contributed by atoms with Crippen molar-refractivity contribution < 1.29 is 18.4 Å². The summed E-state index contributed by atoms with van der Waals surface area (Å²) in [6.45, 7) is 5.33. The minimum absolute atomic E-state index is 0.323. The monoisotopic (exact) mass is 193 g/mol. The van der Waals surface area contributed by atoms with Gasteiger partial charge in [-0.25, -0.2) is 4.57 Å². The zero-order chi connectivity index (χ0) is 9.56. The zero-order valence-corrected chi connectivity index (χ0v) is 7.83. The highest BCUT2D eigenvalue weighted by Crippen LogP contribution is 2.26. The van der Waals surface area contributed by atoms with Crippen molar-refractivity contribution in [2.75, 3.05) is 6.61 Å². The Balaban J connectivity index is 3.69.